The number of rotatable bonds is 6. The van der Waals surface area contributed by atoms with E-state index >= 15 is 0 Å². The highest BCUT2D eigenvalue weighted by Crippen LogP contribution is 2.37. The zero-order chi connectivity index (χ0) is 23.5. The molecule has 34 heavy (non-hydrogen) atoms. The zero-order valence-electron chi connectivity index (χ0n) is 18.1. The summed E-state index contributed by atoms with van der Waals surface area (Å²) in [5.74, 6) is 0.346. The lowest BCUT2D eigenvalue weighted by Gasteiger charge is -2.13. The van der Waals surface area contributed by atoms with Gasteiger partial charge in [-0.3, -0.25) is 14.5 Å². The average molecular weight is 486 g/mol. The largest absolute Gasteiger partial charge is 0.488 e. The van der Waals surface area contributed by atoms with Crippen molar-refractivity contribution in [2.45, 2.75) is 13.2 Å². The van der Waals surface area contributed by atoms with Gasteiger partial charge in [-0.25, -0.2) is 0 Å². The smallest absolute Gasteiger partial charge is 0.293 e. The number of carbonyl (C=O) groups is 2. The van der Waals surface area contributed by atoms with Gasteiger partial charge in [-0.1, -0.05) is 84.4 Å². The molecule has 0 atom stereocenters. The van der Waals surface area contributed by atoms with Crippen LogP contribution in [0.15, 0.2) is 95.9 Å². The fourth-order valence-corrected chi connectivity index (χ4v) is 4.77. The molecule has 1 aliphatic heterocycles. The van der Waals surface area contributed by atoms with Crippen molar-refractivity contribution in [2.75, 3.05) is 0 Å². The van der Waals surface area contributed by atoms with Gasteiger partial charge in [0, 0.05) is 10.6 Å². The summed E-state index contributed by atoms with van der Waals surface area (Å²) in [4.78, 5) is 27.5. The molecule has 1 fully saturated rings. The monoisotopic (exact) mass is 485 g/mol. The molecule has 5 rings (SSSR count). The van der Waals surface area contributed by atoms with Crippen molar-refractivity contribution in [1.29, 1.82) is 0 Å². The summed E-state index contributed by atoms with van der Waals surface area (Å²) in [6.45, 7) is 0.601. The molecule has 4 aromatic carbocycles. The Morgan fingerprint density at radius 1 is 0.824 bits per heavy atom. The van der Waals surface area contributed by atoms with Gasteiger partial charge in [-0.2, -0.15) is 0 Å². The van der Waals surface area contributed by atoms with Crippen LogP contribution >= 0.6 is 23.4 Å². The summed E-state index contributed by atoms with van der Waals surface area (Å²) in [6.07, 6.45) is 1.77. The van der Waals surface area contributed by atoms with Crippen LogP contribution in [0.4, 0.5) is 4.79 Å². The highest BCUT2D eigenvalue weighted by molar-refractivity contribution is 8.18. The molecule has 0 N–H and O–H groups in total. The molecule has 1 aliphatic rings. The first-order chi connectivity index (χ1) is 16.6. The van der Waals surface area contributed by atoms with Gasteiger partial charge < -0.3 is 4.74 Å². The lowest BCUT2D eigenvalue weighted by molar-refractivity contribution is -0.123. The van der Waals surface area contributed by atoms with Crippen molar-refractivity contribution in [1.82, 2.24) is 4.90 Å². The highest BCUT2D eigenvalue weighted by atomic mass is 35.5. The normalized spacial score (nSPS) is 14.9. The summed E-state index contributed by atoms with van der Waals surface area (Å²) in [5.41, 5.74) is 2.66. The van der Waals surface area contributed by atoms with E-state index < -0.39 is 0 Å². The number of thioether (sulfide) groups is 1. The molecule has 1 saturated heterocycles. The maximum atomic E-state index is 13.1. The number of halogens is 1. The molecule has 0 aliphatic carbocycles. The second-order valence-corrected chi connectivity index (χ2v) is 9.30. The van der Waals surface area contributed by atoms with E-state index in [0.717, 1.165) is 39.2 Å². The highest BCUT2D eigenvalue weighted by Gasteiger charge is 2.35. The number of carbonyl (C=O) groups excluding carboxylic acids is 2. The Bertz CT molecular complexity index is 1400. The van der Waals surface area contributed by atoms with Crippen molar-refractivity contribution in [2.24, 2.45) is 0 Å². The molecule has 4 nitrogen and oxygen atoms in total. The quantitative estimate of drug-likeness (QED) is 0.269. The molecule has 0 unspecified atom stereocenters. The van der Waals surface area contributed by atoms with Crippen molar-refractivity contribution >= 4 is 51.4 Å². The second kappa shape index (κ2) is 9.75. The van der Waals surface area contributed by atoms with Crippen LogP contribution in [0.1, 0.15) is 16.7 Å². The Balaban J connectivity index is 1.48. The molecule has 4 aromatic rings. The number of nitrogens with zero attached hydrogens (tertiary/aromatic N) is 1. The first-order valence-electron chi connectivity index (χ1n) is 10.8. The minimum atomic E-state index is -0.296. The molecule has 168 valence electrons. The molecule has 0 radical (unpaired) electrons. The first-order valence-corrected chi connectivity index (χ1v) is 12.0. The molecular formula is C28H20ClNO3S. The van der Waals surface area contributed by atoms with Gasteiger partial charge in [-0.05, 0) is 57.9 Å². The van der Waals surface area contributed by atoms with Crippen LogP contribution in [-0.4, -0.2) is 16.0 Å². The molecule has 0 bridgehead atoms. The number of hydrogen-bond donors (Lipinski definition) is 0. The molecular weight excluding hydrogens is 466 g/mol. The third-order valence-electron chi connectivity index (χ3n) is 5.57. The fraction of sp³-hybridized carbons (Fsp3) is 0.0714. The Hall–Kier alpha value is -3.54. The molecule has 6 heteroatoms. The minimum absolute atomic E-state index is 0.248. The summed E-state index contributed by atoms with van der Waals surface area (Å²) < 4.78 is 6.16. The van der Waals surface area contributed by atoms with Gasteiger partial charge >= 0.3 is 0 Å². The topological polar surface area (TPSA) is 46.6 Å². The van der Waals surface area contributed by atoms with Crippen LogP contribution < -0.4 is 4.74 Å². The molecule has 0 spiro atoms. The SMILES string of the molecule is O=C1S/C(=C\c2c(OCc3ccc(Cl)cc3)ccc3ccccc23)C(=O)N1Cc1ccccc1. The number of benzene rings is 4. The van der Waals surface area contributed by atoms with E-state index in [4.69, 9.17) is 16.3 Å². The lowest BCUT2D eigenvalue weighted by Crippen LogP contribution is -2.27. The summed E-state index contributed by atoms with van der Waals surface area (Å²) in [5, 5.41) is 2.37. The van der Waals surface area contributed by atoms with Gasteiger partial charge in [0.2, 0.25) is 0 Å². The van der Waals surface area contributed by atoms with E-state index in [0.29, 0.717) is 22.3 Å². The number of amides is 2. The van der Waals surface area contributed by atoms with Crippen LogP contribution in [0.2, 0.25) is 5.02 Å². The van der Waals surface area contributed by atoms with Gasteiger partial charge in [0.1, 0.15) is 12.4 Å². The standard InChI is InChI=1S/C28H20ClNO3S/c29-22-13-10-20(11-14-22)18-33-25-15-12-21-8-4-5-9-23(21)24(25)16-26-27(31)30(28(32)34-26)17-19-6-2-1-3-7-19/h1-16H,17-18H2/b26-16-. The van der Waals surface area contributed by atoms with E-state index in [1.165, 1.54) is 4.90 Å². The predicted octanol–water partition coefficient (Wildman–Crippen LogP) is 7.31. The van der Waals surface area contributed by atoms with Crippen molar-refractivity contribution < 1.29 is 14.3 Å². The summed E-state index contributed by atoms with van der Waals surface area (Å²) in [7, 11) is 0. The van der Waals surface area contributed by atoms with Crippen LogP contribution in [0.25, 0.3) is 16.8 Å². The van der Waals surface area contributed by atoms with E-state index in [2.05, 4.69) is 0 Å². The third kappa shape index (κ3) is 4.72. The molecule has 0 saturated carbocycles. The van der Waals surface area contributed by atoms with Crippen LogP contribution in [0.5, 0.6) is 5.75 Å². The number of hydrogen-bond acceptors (Lipinski definition) is 4. The second-order valence-electron chi connectivity index (χ2n) is 7.87. The maximum absolute atomic E-state index is 13.1. The molecule has 2 amide bonds. The fourth-order valence-electron chi connectivity index (χ4n) is 3.83. The van der Waals surface area contributed by atoms with Gasteiger partial charge in [0.15, 0.2) is 0 Å². The van der Waals surface area contributed by atoms with E-state index in [1.54, 1.807) is 6.08 Å². The van der Waals surface area contributed by atoms with Crippen molar-refractivity contribution in [3.8, 4) is 5.75 Å². The summed E-state index contributed by atoms with van der Waals surface area (Å²) in [6, 6.07) is 28.8. The van der Waals surface area contributed by atoms with Gasteiger partial charge in [0.05, 0.1) is 11.4 Å². The Morgan fingerprint density at radius 3 is 2.35 bits per heavy atom. The van der Waals surface area contributed by atoms with Crippen molar-refractivity contribution in [3.05, 3.63) is 118 Å². The van der Waals surface area contributed by atoms with E-state index in [9.17, 15) is 9.59 Å². The first kappa shape index (κ1) is 22.3. The Labute approximate surface area is 206 Å². The maximum Gasteiger partial charge on any atom is 0.293 e. The van der Waals surface area contributed by atoms with E-state index in [1.807, 2.05) is 91.0 Å². The molecule has 0 aromatic heterocycles. The van der Waals surface area contributed by atoms with E-state index in [-0.39, 0.29) is 17.7 Å². The zero-order valence-corrected chi connectivity index (χ0v) is 19.7. The Kier molecular flexibility index (Phi) is 6.39. The Morgan fingerprint density at radius 2 is 1.56 bits per heavy atom. The molecule has 1 heterocycles. The number of imide groups is 1. The average Bonchev–Trinajstić information content (AvgIpc) is 3.12. The summed E-state index contributed by atoms with van der Waals surface area (Å²) >= 11 is 6.95. The third-order valence-corrected chi connectivity index (χ3v) is 6.73. The van der Waals surface area contributed by atoms with Crippen LogP contribution in [0, 0.1) is 0 Å². The van der Waals surface area contributed by atoms with Crippen LogP contribution in [0.3, 0.4) is 0 Å². The van der Waals surface area contributed by atoms with Gasteiger partial charge in [0.25, 0.3) is 11.1 Å². The van der Waals surface area contributed by atoms with Crippen molar-refractivity contribution in [3.63, 3.8) is 0 Å². The van der Waals surface area contributed by atoms with Gasteiger partial charge in [-0.15, -0.1) is 0 Å². The predicted molar refractivity (Wildman–Crippen MR) is 138 cm³/mol. The van der Waals surface area contributed by atoms with Crippen LogP contribution in [-0.2, 0) is 17.9 Å². The minimum Gasteiger partial charge on any atom is -0.488 e. The lowest BCUT2D eigenvalue weighted by atomic mass is 10.0. The number of fused-ring (bicyclic) bond motifs is 1. The number of ether oxygens (including phenoxy) is 1.